The molecule has 6 rings (SSSR count). The van der Waals surface area contributed by atoms with Crippen LogP contribution >= 0.6 is 0 Å². The molecular formula is C43H76. The first-order valence-electron chi connectivity index (χ1n) is 20.1. The summed E-state index contributed by atoms with van der Waals surface area (Å²) in [5, 5.41) is 0. The van der Waals surface area contributed by atoms with Gasteiger partial charge >= 0.3 is 0 Å². The highest BCUT2D eigenvalue weighted by molar-refractivity contribution is 5.17. The zero-order valence-electron chi connectivity index (χ0n) is 31.2. The zero-order chi connectivity index (χ0) is 31.2. The van der Waals surface area contributed by atoms with Crippen molar-refractivity contribution in [1.82, 2.24) is 0 Å². The SMILES string of the molecule is CC(C)CC1CCC(C2CCC(C)C3C(C)C4C(C)C5(C)C(C)C(C(C)C)C(C)CC5(C)CC4(C)CC23)C2CCCCC12. The van der Waals surface area contributed by atoms with E-state index in [1.54, 1.807) is 38.5 Å². The van der Waals surface area contributed by atoms with Gasteiger partial charge in [-0.25, -0.2) is 0 Å². The molecule has 17 unspecified atom stereocenters. The molecule has 0 saturated heterocycles. The van der Waals surface area contributed by atoms with Gasteiger partial charge in [0.15, 0.2) is 0 Å². The Balaban J connectivity index is 1.33. The summed E-state index contributed by atoms with van der Waals surface area (Å²) in [6.45, 7) is 32.2. The fourth-order valence-electron chi connectivity index (χ4n) is 16.9. The number of hydrogen-bond donors (Lipinski definition) is 0. The fraction of sp³-hybridized carbons (Fsp3) is 1.00. The molecule has 248 valence electrons. The lowest BCUT2D eigenvalue weighted by atomic mass is 9.31. The molecule has 6 aliphatic rings. The van der Waals surface area contributed by atoms with Gasteiger partial charge in [0.1, 0.15) is 0 Å². The van der Waals surface area contributed by atoms with Gasteiger partial charge < -0.3 is 0 Å². The van der Waals surface area contributed by atoms with Crippen LogP contribution in [0.5, 0.6) is 0 Å². The molecular weight excluding hydrogens is 516 g/mol. The van der Waals surface area contributed by atoms with Crippen molar-refractivity contribution in [2.24, 2.45) is 111 Å². The van der Waals surface area contributed by atoms with E-state index in [0.717, 1.165) is 94.7 Å². The molecule has 0 amide bonds. The first-order chi connectivity index (χ1) is 20.1. The second kappa shape index (κ2) is 11.6. The first-order valence-corrected chi connectivity index (χ1v) is 20.1. The van der Waals surface area contributed by atoms with E-state index in [9.17, 15) is 0 Å². The Morgan fingerprint density at radius 2 is 1.23 bits per heavy atom. The molecule has 0 bridgehead atoms. The minimum atomic E-state index is 0.459. The summed E-state index contributed by atoms with van der Waals surface area (Å²) in [5.41, 5.74) is 1.46. The lowest BCUT2D eigenvalue weighted by molar-refractivity contribution is -0.250. The molecule has 0 aromatic carbocycles. The van der Waals surface area contributed by atoms with Crippen LogP contribution in [0.2, 0.25) is 0 Å². The van der Waals surface area contributed by atoms with Crippen molar-refractivity contribution in [2.45, 2.75) is 160 Å². The van der Waals surface area contributed by atoms with Crippen LogP contribution in [0.4, 0.5) is 0 Å². The summed E-state index contributed by atoms with van der Waals surface area (Å²) >= 11 is 0. The summed E-state index contributed by atoms with van der Waals surface area (Å²) in [4.78, 5) is 0. The third kappa shape index (κ3) is 4.99. The molecule has 0 aromatic rings. The molecule has 0 N–H and O–H groups in total. The summed E-state index contributed by atoms with van der Waals surface area (Å²) in [7, 11) is 0. The average molecular weight is 593 g/mol. The van der Waals surface area contributed by atoms with Gasteiger partial charge in [0.2, 0.25) is 0 Å². The number of hydrogen-bond acceptors (Lipinski definition) is 0. The molecule has 0 radical (unpaired) electrons. The van der Waals surface area contributed by atoms with Crippen molar-refractivity contribution in [3.63, 3.8) is 0 Å². The van der Waals surface area contributed by atoms with Gasteiger partial charge in [-0.05, 0) is 169 Å². The molecule has 6 aliphatic carbocycles. The van der Waals surface area contributed by atoms with Crippen molar-refractivity contribution in [3.05, 3.63) is 0 Å². The molecule has 0 aliphatic heterocycles. The van der Waals surface area contributed by atoms with Crippen LogP contribution in [0.1, 0.15) is 160 Å². The maximum Gasteiger partial charge on any atom is -0.0215 e. The van der Waals surface area contributed by atoms with Gasteiger partial charge in [-0.1, -0.05) is 102 Å². The van der Waals surface area contributed by atoms with E-state index in [2.05, 4.69) is 83.1 Å². The quantitative estimate of drug-likeness (QED) is 0.304. The molecule has 0 heterocycles. The normalized spacial score (nSPS) is 57.1. The summed E-state index contributed by atoms with van der Waals surface area (Å²) in [5.74, 6) is 15.0. The lowest BCUT2D eigenvalue weighted by Crippen LogP contribution is -2.67. The zero-order valence-corrected chi connectivity index (χ0v) is 31.2. The Hall–Kier alpha value is 0. The second-order valence-electron chi connectivity index (χ2n) is 20.5. The first kappa shape index (κ1) is 32.9. The smallest absolute Gasteiger partial charge is 0.0215 e. The highest BCUT2D eigenvalue weighted by Crippen LogP contribution is 2.75. The summed E-state index contributed by atoms with van der Waals surface area (Å²) in [6, 6.07) is 0. The van der Waals surface area contributed by atoms with Gasteiger partial charge in [0, 0.05) is 0 Å². The number of rotatable bonds is 4. The minimum Gasteiger partial charge on any atom is -0.0628 e. The van der Waals surface area contributed by atoms with Crippen LogP contribution in [-0.2, 0) is 0 Å². The van der Waals surface area contributed by atoms with E-state index in [0.29, 0.717) is 16.2 Å². The Morgan fingerprint density at radius 1 is 0.628 bits per heavy atom. The predicted molar refractivity (Wildman–Crippen MR) is 187 cm³/mol. The van der Waals surface area contributed by atoms with Crippen LogP contribution in [0.25, 0.3) is 0 Å². The Morgan fingerprint density at radius 3 is 1.88 bits per heavy atom. The van der Waals surface area contributed by atoms with Gasteiger partial charge in [-0.15, -0.1) is 0 Å². The van der Waals surface area contributed by atoms with E-state index in [4.69, 9.17) is 0 Å². The van der Waals surface area contributed by atoms with Gasteiger partial charge in [-0.3, -0.25) is 0 Å². The average Bonchev–Trinajstić information content (AvgIpc) is 2.91. The standard InChI is InChI=1S/C43H76/c1-25(2)21-32-18-20-35(34-16-14-13-15-33(32)34)36-19-17-27(5)39-29(7)40-31(9)43(12)30(8)38(26(3)4)28(6)22-42(43,11)24-41(40,10)23-37(36)39/h25-40H,13-24H2,1-12H3. The molecule has 17 atom stereocenters. The van der Waals surface area contributed by atoms with E-state index in [-0.39, 0.29) is 0 Å². The van der Waals surface area contributed by atoms with Crippen molar-refractivity contribution in [3.8, 4) is 0 Å². The Bertz CT molecular complexity index is 977. The second-order valence-corrected chi connectivity index (χ2v) is 20.5. The lowest BCUT2D eigenvalue weighted by Gasteiger charge is -2.73. The highest BCUT2D eigenvalue weighted by Gasteiger charge is 2.69. The molecule has 0 nitrogen and oxygen atoms in total. The Labute approximate surface area is 270 Å². The predicted octanol–water partition coefficient (Wildman–Crippen LogP) is 12.8. The van der Waals surface area contributed by atoms with E-state index in [1.165, 1.54) is 38.5 Å². The van der Waals surface area contributed by atoms with Crippen molar-refractivity contribution < 1.29 is 0 Å². The Kier molecular flexibility index (Phi) is 8.88. The summed E-state index contributed by atoms with van der Waals surface area (Å²) < 4.78 is 0. The third-order valence-electron chi connectivity index (χ3n) is 17.9. The summed E-state index contributed by atoms with van der Waals surface area (Å²) in [6.07, 6.45) is 18.5. The number of fused-ring (bicyclic) bond motifs is 4. The maximum atomic E-state index is 2.86. The molecule has 0 heteroatoms. The molecule has 43 heavy (non-hydrogen) atoms. The van der Waals surface area contributed by atoms with Crippen LogP contribution in [0.15, 0.2) is 0 Å². The van der Waals surface area contributed by atoms with E-state index < -0.39 is 0 Å². The monoisotopic (exact) mass is 593 g/mol. The van der Waals surface area contributed by atoms with Crippen LogP contribution < -0.4 is 0 Å². The third-order valence-corrected chi connectivity index (χ3v) is 17.9. The van der Waals surface area contributed by atoms with Gasteiger partial charge in [0.05, 0.1) is 0 Å². The molecule has 0 aromatic heterocycles. The van der Waals surface area contributed by atoms with Crippen molar-refractivity contribution in [1.29, 1.82) is 0 Å². The molecule has 6 fully saturated rings. The van der Waals surface area contributed by atoms with Crippen LogP contribution in [0, 0.1) is 111 Å². The van der Waals surface area contributed by atoms with Crippen molar-refractivity contribution in [2.75, 3.05) is 0 Å². The van der Waals surface area contributed by atoms with E-state index in [1.807, 2.05) is 0 Å². The fourth-order valence-corrected chi connectivity index (χ4v) is 16.9. The van der Waals surface area contributed by atoms with Crippen molar-refractivity contribution >= 4 is 0 Å². The molecule has 0 spiro atoms. The maximum absolute atomic E-state index is 2.86. The van der Waals surface area contributed by atoms with Crippen LogP contribution in [-0.4, -0.2) is 0 Å². The highest BCUT2D eigenvalue weighted by atomic mass is 14.7. The van der Waals surface area contributed by atoms with Gasteiger partial charge in [-0.2, -0.15) is 0 Å². The topological polar surface area (TPSA) is 0 Å². The van der Waals surface area contributed by atoms with Gasteiger partial charge in [0.25, 0.3) is 0 Å². The minimum absolute atomic E-state index is 0.459. The molecule has 6 saturated carbocycles. The van der Waals surface area contributed by atoms with E-state index >= 15 is 0 Å². The van der Waals surface area contributed by atoms with Crippen LogP contribution in [0.3, 0.4) is 0 Å². The largest absolute Gasteiger partial charge is 0.0628 e.